The highest BCUT2D eigenvalue weighted by atomic mass is 32.1. The second-order valence-corrected chi connectivity index (χ2v) is 7.74. The molecule has 0 fully saturated rings. The molecule has 3 N–H and O–H groups in total. The lowest BCUT2D eigenvalue weighted by atomic mass is 10.2. The first kappa shape index (κ1) is 19.6. The Kier molecular flexibility index (Phi) is 5.72. The molecule has 2 amide bonds. The van der Waals surface area contributed by atoms with E-state index >= 15 is 0 Å². The first-order chi connectivity index (χ1) is 14.6. The number of carbonyl (C=O) groups is 1. The van der Waals surface area contributed by atoms with Gasteiger partial charge >= 0.3 is 6.03 Å². The van der Waals surface area contributed by atoms with Crippen molar-refractivity contribution in [1.82, 2.24) is 9.97 Å². The van der Waals surface area contributed by atoms with Gasteiger partial charge in [0.05, 0.1) is 5.69 Å². The number of nitrogens with zero attached hydrogens (tertiary/aromatic N) is 2. The SMILES string of the molecule is Cc1ccc(NC(=O)Nc2ccc(C)c(Nc3nc(-c4cccnc4)cs3)c2)cc1. The minimum Gasteiger partial charge on any atom is -0.331 e. The first-order valence-electron chi connectivity index (χ1n) is 9.45. The number of nitrogens with one attached hydrogen (secondary N) is 3. The molecule has 0 aliphatic carbocycles. The fourth-order valence-corrected chi connectivity index (χ4v) is 3.59. The number of aryl methyl sites for hydroxylation is 2. The summed E-state index contributed by atoms with van der Waals surface area (Å²) >= 11 is 1.52. The zero-order valence-electron chi connectivity index (χ0n) is 16.6. The Hall–Kier alpha value is -3.71. The Labute approximate surface area is 179 Å². The molecule has 0 aliphatic rings. The van der Waals surface area contributed by atoms with E-state index in [0.29, 0.717) is 5.69 Å². The third-order valence-electron chi connectivity index (χ3n) is 4.51. The molecule has 0 saturated heterocycles. The quantitative estimate of drug-likeness (QED) is 0.362. The lowest BCUT2D eigenvalue weighted by molar-refractivity contribution is 0.262. The van der Waals surface area contributed by atoms with E-state index in [1.807, 2.05) is 73.8 Å². The molecule has 30 heavy (non-hydrogen) atoms. The number of hydrogen-bond acceptors (Lipinski definition) is 5. The van der Waals surface area contributed by atoms with Gasteiger partial charge in [0.15, 0.2) is 5.13 Å². The molecule has 0 radical (unpaired) electrons. The Morgan fingerprint density at radius 1 is 0.967 bits per heavy atom. The fourth-order valence-electron chi connectivity index (χ4n) is 2.86. The highest BCUT2D eigenvalue weighted by Crippen LogP contribution is 2.29. The van der Waals surface area contributed by atoms with Gasteiger partial charge in [-0.2, -0.15) is 0 Å². The first-order valence-corrected chi connectivity index (χ1v) is 10.3. The fraction of sp³-hybridized carbons (Fsp3) is 0.0870. The maximum Gasteiger partial charge on any atom is 0.323 e. The molecule has 2 heterocycles. The molecule has 4 rings (SSSR count). The molecule has 0 atom stereocenters. The molecule has 2 aromatic carbocycles. The smallest absolute Gasteiger partial charge is 0.323 e. The van der Waals surface area contributed by atoms with Crippen molar-refractivity contribution in [2.24, 2.45) is 0 Å². The number of benzene rings is 2. The van der Waals surface area contributed by atoms with Crippen LogP contribution >= 0.6 is 11.3 Å². The summed E-state index contributed by atoms with van der Waals surface area (Å²) < 4.78 is 0. The number of amides is 2. The van der Waals surface area contributed by atoms with Crippen LogP contribution in [0.4, 0.5) is 27.0 Å². The summed E-state index contributed by atoms with van der Waals surface area (Å²) in [6, 6.07) is 17.0. The van der Waals surface area contributed by atoms with Gasteiger partial charge in [0, 0.05) is 40.4 Å². The predicted molar refractivity (Wildman–Crippen MR) is 124 cm³/mol. The van der Waals surface area contributed by atoms with E-state index in [4.69, 9.17) is 0 Å². The maximum absolute atomic E-state index is 12.3. The van der Waals surface area contributed by atoms with Crippen LogP contribution in [0.15, 0.2) is 72.4 Å². The summed E-state index contributed by atoms with van der Waals surface area (Å²) in [6.07, 6.45) is 3.53. The lowest BCUT2D eigenvalue weighted by Gasteiger charge is -2.12. The standard InChI is InChI=1S/C23H21N5OS/c1-15-5-8-18(9-6-15)25-22(29)26-19-10-7-16(2)20(12-19)27-23-28-21(14-30-23)17-4-3-11-24-13-17/h3-14H,1-2H3,(H,27,28)(H2,25,26,29). The highest BCUT2D eigenvalue weighted by Gasteiger charge is 2.09. The van der Waals surface area contributed by atoms with Crippen molar-refractivity contribution in [1.29, 1.82) is 0 Å². The van der Waals surface area contributed by atoms with Crippen LogP contribution in [-0.4, -0.2) is 16.0 Å². The predicted octanol–water partition coefficient (Wildman–Crippen LogP) is 6.21. The molecule has 0 unspecified atom stereocenters. The van der Waals surface area contributed by atoms with E-state index in [-0.39, 0.29) is 6.03 Å². The minimum atomic E-state index is -0.290. The van der Waals surface area contributed by atoms with Crippen LogP contribution in [0.5, 0.6) is 0 Å². The Morgan fingerprint density at radius 3 is 2.50 bits per heavy atom. The van der Waals surface area contributed by atoms with Crippen molar-refractivity contribution in [2.75, 3.05) is 16.0 Å². The van der Waals surface area contributed by atoms with E-state index in [9.17, 15) is 4.79 Å². The Morgan fingerprint density at radius 2 is 1.73 bits per heavy atom. The number of anilines is 4. The summed E-state index contributed by atoms with van der Waals surface area (Å²) in [6.45, 7) is 4.01. The van der Waals surface area contributed by atoms with Gasteiger partial charge in [-0.15, -0.1) is 11.3 Å². The van der Waals surface area contributed by atoms with Crippen LogP contribution in [0, 0.1) is 13.8 Å². The molecule has 2 aromatic heterocycles. The summed E-state index contributed by atoms with van der Waals surface area (Å²) in [4.78, 5) is 21.1. The Balaban J connectivity index is 1.45. The molecule has 4 aromatic rings. The van der Waals surface area contributed by atoms with Crippen LogP contribution in [0.1, 0.15) is 11.1 Å². The molecule has 0 bridgehead atoms. The number of thiazole rings is 1. The van der Waals surface area contributed by atoms with Crippen molar-refractivity contribution in [2.45, 2.75) is 13.8 Å². The second-order valence-electron chi connectivity index (χ2n) is 6.88. The van der Waals surface area contributed by atoms with Gasteiger partial charge in [-0.1, -0.05) is 23.8 Å². The second kappa shape index (κ2) is 8.75. The number of urea groups is 1. The van der Waals surface area contributed by atoms with Crippen LogP contribution in [0.25, 0.3) is 11.3 Å². The molecule has 0 saturated carbocycles. The lowest BCUT2D eigenvalue weighted by Crippen LogP contribution is -2.19. The summed E-state index contributed by atoms with van der Waals surface area (Å²) in [7, 11) is 0. The van der Waals surface area contributed by atoms with Gasteiger partial charge in [-0.05, 0) is 55.8 Å². The van der Waals surface area contributed by atoms with Gasteiger partial charge in [0.2, 0.25) is 0 Å². The molecule has 6 nitrogen and oxygen atoms in total. The van der Waals surface area contributed by atoms with Gasteiger partial charge in [0.25, 0.3) is 0 Å². The van der Waals surface area contributed by atoms with Crippen LogP contribution in [-0.2, 0) is 0 Å². The van der Waals surface area contributed by atoms with Gasteiger partial charge in [0.1, 0.15) is 0 Å². The van der Waals surface area contributed by atoms with Gasteiger partial charge < -0.3 is 16.0 Å². The van der Waals surface area contributed by atoms with E-state index in [2.05, 4.69) is 25.9 Å². The van der Waals surface area contributed by atoms with E-state index in [1.54, 1.807) is 12.4 Å². The van der Waals surface area contributed by atoms with Crippen molar-refractivity contribution in [3.8, 4) is 11.3 Å². The molecular formula is C23H21N5OS. The van der Waals surface area contributed by atoms with Crippen molar-refractivity contribution >= 4 is 39.6 Å². The number of rotatable bonds is 5. The normalized spacial score (nSPS) is 10.5. The third-order valence-corrected chi connectivity index (χ3v) is 5.27. The highest BCUT2D eigenvalue weighted by molar-refractivity contribution is 7.14. The number of pyridine rings is 1. The minimum absolute atomic E-state index is 0.290. The van der Waals surface area contributed by atoms with Crippen LogP contribution in [0.2, 0.25) is 0 Å². The molecule has 0 aliphatic heterocycles. The summed E-state index contributed by atoms with van der Waals surface area (Å²) in [5.74, 6) is 0. The largest absolute Gasteiger partial charge is 0.331 e. The average molecular weight is 416 g/mol. The van der Waals surface area contributed by atoms with E-state index in [0.717, 1.165) is 38.9 Å². The van der Waals surface area contributed by atoms with Crippen molar-refractivity contribution in [3.05, 3.63) is 83.5 Å². The summed E-state index contributed by atoms with van der Waals surface area (Å²) in [5.41, 5.74) is 6.37. The monoisotopic (exact) mass is 415 g/mol. The summed E-state index contributed by atoms with van der Waals surface area (Å²) in [5, 5.41) is 11.8. The molecule has 0 spiro atoms. The molecular weight excluding hydrogens is 394 g/mol. The van der Waals surface area contributed by atoms with Gasteiger partial charge in [-0.25, -0.2) is 9.78 Å². The van der Waals surface area contributed by atoms with Crippen LogP contribution < -0.4 is 16.0 Å². The number of aromatic nitrogens is 2. The topological polar surface area (TPSA) is 78.9 Å². The number of carbonyl (C=O) groups excluding carboxylic acids is 1. The van der Waals surface area contributed by atoms with E-state index < -0.39 is 0 Å². The molecule has 7 heteroatoms. The number of hydrogen-bond donors (Lipinski definition) is 3. The zero-order valence-corrected chi connectivity index (χ0v) is 17.5. The van der Waals surface area contributed by atoms with E-state index in [1.165, 1.54) is 11.3 Å². The van der Waals surface area contributed by atoms with Gasteiger partial charge in [-0.3, -0.25) is 4.98 Å². The van der Waals surface area contributed by atoms with Crippen LogP contribution in [0.3, 0.4) is 0 Å². The Bertz CT molecular complexity index is 1160. The van der Waals surface area contributed by atoms with Crippen molar-refractivity contribution < 1.29 is 4.79 Å². The third kappa shape index (κ3) is 4.82. The zero-order chi connectivity index (χ0) is 20.9. The average Bonchev–Trinajstić information content (AvgIpc) is 3.21. The maximum atomic E-state index is 12.3. The molecule has 150 valence electrons. The van der Waals surface area contributed by atoms with Crippen molar-refractivity contribution in [3.63, 3.8) is 0 Å².